The molecule has 0 unspecified atom stereocenters. The van der Waals surface area contributed by atoms with Crippen LogP contribution in [0.3, 0.4) is 0 Å². The van der Waals surface area contributed by atoms with Gasteiger partial charge >= 0.3 is 0 Å². The van der Waals surface area contributed by atoms with Gasteiger partial charge in [-0.3, -0.25) is 0 Å². The molecule has 0 saturated heterocycles. The molecule has 2 nitrogen and oxygen atoms in total. The highest BCUT2D eigenvalue weighted by atomic mass is 32.2. The molecule has 3 heteroatoms. The molecule has 0 radical (unpaired) electrons. The molecular formula is C11H22N2S. The first-order chi connectivity index (χ1) is 6.70. The van der Waals surface area contributed by atoms with Gasteiger partial charge in [-0.25, -0.2) is 0 Å². The summed E-state index contributed by atoms with van der Waals surface area (Å²) in [7, 11) is 0. The van der Waals surface area contributed by atoms with Gasteiger partial charge in [0.15, 0.2) is 0 Å². The predicted molar refractivity (Wildman–Crippen MR) is 67.4 cm³/mol. The molecule has 0 aliphatic heterocycles. The van der Waals surface area contributed by atoms with Crippen LogP contribution < -0.4 is 5.73 Å². The number of rotatable bonds is 8. The van der Waals surface area contributed by atoms with Gasteiger partial charge in [-0.05, 0) is 19.3 Å². The summed E-state index contributed by atoms with van der Waals surface area (Å²) in [5.41, 5.74) is 5.68. The van der Waals surface area contributed by atoms with E-state index in [1.807, 2.05) is 0 Å². The summed E-state index contributed by atoms with van der Waals surface area (Å²) < 4.78 is 4.20. The second-order valence-electron chi connectivity index (χ2n) is 3.42. The Balaban J connectivity index is 3.56. The molecule has 0 atom stereocenters. The number of allylic oxidation sites excluding steroid dienone is 1. The summed E-state index contributed by atoms with van der Waals surface area (Å²) >= 11 is 1.44. The van der Waals surface area contributed by atoms with Crippen LogP contribution in [0.4, 0.5) is 0 Å². The Morgan fingerprint density at radius 1 is 1.21 bits per heavy atom. The minimum Gasteiger partial charge on any atom is -0.387 e. The fourth-order valence-electron chi connectivity index (χ4n) is 1.04. The van der Waals surface area contributed by atoms with E-state index in [0.717, 1.165) is 30.0 Å². The van der Waals surface area contributed by atoms with Crippen molar-refractivity contribution in [1.82, 2.24) is 0 Å². The van der Waals surface area contributed by atoms with Crippen molar-refractivity contribution in [2.45, 2.75) is 52.4 Å². The highest BCUT2D eigenvalue weighted by Crippen LogP contribution is 2.21. The molecule has 0 aromatic carbocycles. The second-order valence-corrected chi connectivity index (χ2v) is 4.36. The molecule has 0 spiro atoms. The molecule has 82 valence electrons. The highest BCUT2D eigenvalue weighted by molar-refractivity contribution is 8.01. The third-order valence-electron chi connectivity index (χ3n) is 1.86. The molecule has 0 saturated carbocycles. The zero-order valence-corrected chi connectivity index (χ0v) is 10.2. The van der Waals surface area contributed by atoms with Crippen LogP contribution in [0.15, 0.2) is 15.9 Å². The monoisotopic (exact) mass is 214 g/mol. The van der Waals surface area contributed by atoms with E-state index in [4.69, 9.17) is 5.73 Å². The van der Waals surface area contributed by atoms with Crippen molar-refractivity contribution < 1.29 is 0 Å². The summed E-state index contributed by atoms with van der Waals surface area (Å²) in [5, 5.41) is 0. The molecular weight excluding hydrogens is 192 g/mol. The first kappa shape index (κ1) is 13.6. The molecule has 0 aromatic heterocycles. The molecule has 0 heterocycles. The number of hydrogen-bond donors (Lipinski definition) is 1. The first-order valence-corrected chi connectivity index (χ1v) is 6.15. The fourth-order valence-corrected chi connectivity index (χ4v) is 1.62. The molecule has 0 aliphatic carbocycles. The van der Waals surface area contributed by atoms with Gasteiger partial charge in [0, 0.05) is 23.3 Å². The van der Waals surface area contributed by atoms with Crippen LogP contribution in [-0.4, -0.2) is 5.84 Å². The van der Waals surface area contributed by atoms with Crippen molar-refractivity contribution in [3.63, 3.8) is 0 Å². The predicted octanol–water partition coefficient (Wildman–Crippen LogP) is 3.89. The molecule has 0 fully saturated rings. The minimum absolute atomic E-state index is 0.731. The lowest BCUT2D eigenvalue weighted by Crippen LogP contribution is -2.09. The topological polar surface area (TPSA) is 38.4 Å². The SMILES string of the molecule is C=C(CCCCC)S/N=C(/N)CCC. The van der Waals surface area contributed by atoms with Crippen molar-refractivity contribution in [3.05, 3.63) is 11.5 Å². The van der Waals surface area contributed by atoms with Crippen molar-refractivity contribution >= 4 is 17.8 Å². The van der Waals surface area contributed by atoms with E-state index < -0.39 is 0 Å². The lowest BCUT2D eigenvalue weighted by molar-refractivity contribution is 0.726. The largest absolute Gasteiger partial charge is 0.387 e. The number of hydrogen-bond acceptors (Lipinski definition) is 2. The smallest absolute Gasteiger partial charge is 0.108 e. The molecule has 0 amide bonds. The third-order valence-corrected chi connectivity index (χ3v) is 2.65. The average Bonchev–Trinajstić information content (AvgIpc) is 2.16. The van der Waals surface area contributed by atoms with Crippen LogP contribution in [0, 0.1) is 0 Å². The summed E-state index contributed by atoms with van der Waals surface area (Å²) in [6, 6.07) is 0. The van der Waals surface area contributed by atoms with Crippen molar-refractivity contribution in [2.75, 3.05) is 0 Å². The van der Waals surface area contributed by atoms with Crippen LogP contribution in [-0.2, 0) is 0 Å². The van der Waals surface area contributed by atoms with Gasteiger partial charge in [0.2, 0.25) is 0 Å². The van der Waals surface area contributed by atoms with E-state index >= 15 is 0 Å². The summed E-state index contributed by atoms with van der Waals surface area (Å²) in [6.07, 6.45) is 6.73. The van der Waals surface area contributed by atoms with Crippen LogP contribution in [0.1, 0.15) is 52.4 Å². The lowest BCUT2D eigenvalue weighted by Gasteiger charge is -2.01. The molecule has 2 N–H and O–H groups in total. The Morgan fingerprint density at radius 2 is 1.93 bits per heavy atom. The van der Waals surface area contributed by atoms with Gasteiger partial charge in [0.25, 0.3) is 0 Å². The maximum Gasteiger partial charge on any atom is 0.108 e. The first-order valence-electron chi connectivity index (χ1n) is 5.37. The summed E-state index contributed by atoms with van der Waals surface area (Å²) in [6.45, 7) is 8.26. The number of unbranched alkanes of at least 4 members (excludes halogenated alkanes) is 2. The quantitative estimate of drug-likeness (QED) is 0.288. The van der Waals surface area contributed by atoms with Crippen molar-refractivity contribution in [2.24, 2.45) is 10.1 Å². The van der Waals surface area contributed by atoms with Crippen LogP contribution in [0.5, 0.6) is 0 Å². The van der Waals surface area contributed by atoms with Crippen molar-refractivity contribution in [1.29, 1.82) is 0 Å². The average molecular weight is 214 g/mol. The van der Waals surface area contributed by atoms with Gasteiger partial charge in [-0.2, -0.15) is 4.40 Å². The Bertz CT molecular complexity index is 188. The van der Waals surface area contributed by atoms with Gasteiger partial charge in [0.1, 0.15) is 5.84 Å². The number of nitrogens with zero attached hydrogens (tertiary/aromatic N) is 1. The Morgan fingerprint density at radius 3 is 2.50 bits per heavy atom. The van der Waals surface area contributed by atoms with E-state index in [2.05, 4.69) is 24.8 Å². The zero-order valence-electron chi connectivity index (χ0n) is 9.38. The molecule has 0 rings (SSSR count). The summed E-state index contributed by atoms with van der Waals surface area (Å²) in [4.78, 5) is 1.12. The van der Waals surface area contributed by atoms with E-state index in [1.54, 1.807) is 0 Å². The maximum absolute atomic E-state index is 5.68. The molecule has 0 aliphatic rings. The summed E-state index contributed by atoms with van der Waals surface area (Å²) in [5.74, 6) is 0.731. The van der Waals surface area contributed by atoms with E-state index in [0.29, 0.717) is 0 Å². The van der Waals surface area contributed by atoms with Gasteiger partial charge in [-0.1, -0.05) is 33.3 Å². The van der Waals surface area contributed by atoms with Crippen molar-refractivity contribution in [3.8, 4) is 0 Å². The zero-order chi connectivity index (χ0) is 10.8. The standard InChI is InChI=1S/C11H22N2S/c1-4-6-7-9-10(3)14-13-11(12)8-5-2/h3-9H2,1-2H3,(H2,12,13). The lowest BCUT2D eigenvalue weighted by atomic mass is 10.2. The third kappa shape index (κ3) is 8.17. The van der Waals surface area contributed by atoms with Crippen LogP contribution in [0.25, 0.3) is 0 Å². The Labute approximate surface area is 92.2 Å². The highest BCUT2D eigenvalue weighted by Gasteiger charge is 1.95. The number of amidine groups is 1. The van der Waals surface area contributed by atoms with Gasteiger partial charge < -0.3 is 5.73 Å². The molecule has 0 aromatic rings. The van der Waals surface area contributed by atoms with Crippen LogP contribution in [0.2, 0.25) is 0 Å². The Hall–Kier alpha value is -0.440. The maximum atomic E-state index is 5.68. The van der Waals surface area contributed by atoms with E-state index in [-0.39, 0.29) is 0 Å². The molecule has 0 bridgehead atoms. The van der Waals surface area contributed by atoms with E-state index in [1.165, 1.54) is 31.2 Å². The minimum atomic E-state index is 0.731. The number of nitrogens with two attached hydrogens (primary N) is 1. The van der Waals surface area contributed by atoms with Gasteiger partial charge in [0.05, 0.1) is 0 Å². The van der Waals surface area contributed by atoms with Crippen LogP contribution >= 0.6 is 11.9 Å². The van der Waals surface area contributed by atoms with Gasteiger partial charge in [-0.15, -0.1) is 0 Å². The normalized spacial score (nSPS) is 11.7. The Kier molecular flexibility index (Phi) is 8.84. The fraction of sp³-hybridized carbons (Fsp3) is 0.727. The molecule has 14 heavy (non-hydrogen) atoms. The van der Waals surface area contributed by atoms with E-state index in [9.17, 15) is 0 Å². The second kappa shape index (κ2) is 9.13.